The first-order valence-corrected chi connectivity index (χ1v) is 8.33. The van der Waals surface area contributed by atoms with E-state index in [-0.39, 0.29) is 0 Å². The lowest BCUT2D eigenvalue weighted by molar-refractivity contribution is 0.167. The first-order valence-electron chi connectivity index (χ1n) is 7.92. The predicted molar refractivity (Wildman–Crippen MR) is 87.7 cm³/mol. The molecule has 3 heteroatoms. The molecule has 1 aliphatic carbocycles. The summed E-state index contributed by atoms with van der Waals surface area (Å²) in [5.41, 5.74) is 2.85. The van der Waals surface area contributed by atoms with Crippen LogP contribution in [-0.2, 0) is 6.42 Å². The standard InChI is InChI=1S/C17H28N2S/c1-6-14-11(2)16(20)19-15(18-14)12-7-9-13(10-8-12)17(3,4)5/h12-13H,6-10H2,1-5H3,(H,18,19,20). The van der Waals surface area contributed by atoms with Crippen LogP contribution in [0.25, 0.3) is 0 Å². The topological polar surface area (TPSA) is 28.7 Å². The molecule has 2 nitrogen and oxygen atoms in total. The summed E-state index contributed by atoms with van der Waals surface area (Å²) in [6, 6.07) is 0. The van der Waals surface area contributed by atoms with Gasteiger partial charge >= 0.3 is 0 Å². The highest BCUT2D eigenvalue weighted by molar-refractivity contribution is 7.71. The SMILES string of the molecule is CCc1[nH]c(C2CCC(C(C)(C)C)CC2)nc(=S)c1C. The summed E-state index contributed by atoms with van der Waals surface area (Å²) in [7, 11) is 0. The molecule has 20 heavy (non-hydrogen) atoms. The van der Waals surface area contributed by atoms with Crippen molar-refractivity contribution in [1.29, 1.82) is 0 Å². The van der Waals surface area contributed by atoms with Crippen LogP contribution < -0.4 is 0 Å². The Hall–Kier alpha value is -0.700. The Morgan fingerprint density at radius 1 is 1.20 bits per heavy atom. The second-order valence-corrected chi connectivity index (χ2v) is 7.69. The number of aromatic nitrogens is 2. The highest BCUT2D eigenvalue weighted by atomic mass is 32.1. The van der Waals surface area contributed by atoms with E-state index in [1.54, 1.807) is 0 Å². The Bertz CT molecular complexity index is 517. The summed E-state index contributed by atoms with van der Waals surface area (Å²) in [5, 5.41) is 0. The Balaban J connectivity index is 2.15. The third-order valence-electron chi connectivity index (χ3n) is 4.97. The van der Waals surface area contributed by atoms with Gasteiger partial charge < -0.3 is 4.98 Å². The Kier molecular flexibility index (Phi) is 4.68. The van der Waals surface area contributed by atoms with Gasteiger partial charge in [-0.2, -0.15) is 0 Å². The average Bonchev–Trinajstić information content (AvgIpc) is 2.41. The molecule has 2 rings (SSSR count). The molecule has 0 bridgehead atoms. The molecular weight excluding hydrogens is 264 g/mol. The zero-order valence-electron chi connectivity index (χ0n) is 13.5. The van der Waals surface area contributed by atoms with Gasteiger partial charge in [-0.25, -0.2) is 4.98 Å². The lowest BCUT2D eigenvalue weighted by Gasteiger charge is -2.36. The van der Waals surface area contributed by atoms with Crippen LogP contribution in [0.15, 0.2) is 0 Å². The van der Waals surface area contributed by atoms with E-state index in [1.807, 2.05) is 0 Å². The summed E-state index contributed by atoms with van der Waals surface area (Å²) in [6.07, 6.45) is 6.11. The molecule has 1 aliphatic rings. The first kappa shape index (κ1) is 15.7. The van der Waals surface area contributed by atoms with E-state index < -0.39 is 0 Å². The molecule has 1 fully saturated rings. The van der Waals surface area contributed by atoms with E-state index in [4.69, 9.17) is 12.2 Å². The zero-order chi connectivity index (χ0) is 14.9. The molecule has 0 saturated heterocycles. The average molecular weight is 292 g/mol. The van der Waals surface area contributed by atoms with Crippen molar-refractivity contribution in [3.05, 3.63) is 21.7 Å². The van der Waals surface area contributed by atoms with Crippen LogP contribution in [0.3, 0.4) is 0 Å². The van der Waals surface area contributed by atoms with Crippen LogP contribution in [0, 0.1) is 22.9 Å². The number of hydrogen-bond donors (Lipinski definition) is 1. The van der Waals surface area contributed by atoms with Crippen LogP contribution >= 0.6 is 12.2 Å². The van der Waals surface area contributed by atoms with Crippen LogP contribution in [0.1, 0.15) is 76.4 Å². The maximum absolute atomic E-state index is 5.42. The van der Waals surface area contributed by atoms with Crippen molar-refractivity contribution in [2.24, 2.45) is 11.3 Å². The van der Waals surface area contributed by atoms with Gasteiger partial charge in [-0.05, 0) is 50.4 Å². The monoisotopic (exact) mass is 292 g/mol. The number of aromatic amines is 1. The van der Waals surface area contributed by atoms with Crippen LogP contribution in [0.2, 0.25) is 0 Å². The van der Waals surface area contributed by atoms with Gasteiger partial charge in [0.25, 0.3) is 0 Å². The van der Waals surface area contributed by atoms with E-state index in [0.29, 0.717) is 11.3 Å². The van der Waals surface area contributed by atoms with Gasteiger partial charge in [-0.15, -0.1) is 0 Å². The van der Waals surface area contributed by atoms with Crippen molar-refractivity contribution < 1.29 is 0 Å². The van der Waals surface area contributed by atoms with E-state index in [2.05, 4.69) is 44.6 Å². The normalized spacial score (nSPS) is 23.9. The zero-order valence-corrected chi connectivity index (χ0v) is 14.4. The number of hydrogen-bond acceptors (Lipinski definition) is 2. The van der Waals surface area contributed by atoms with Gasteiger partial charge in [-0.1, -0.05) is 39.9 Å². The van der Waals surface area contributed by atoms with Gasteiger partial charge in [0, 0.05) is 17.2 Å². The van der Waals surface area contributed by atoms with Crippen LogP contribution in [0.5, 0.6) is 0 Å². The lowest BCUT2D eigenvalue weighted by Crippen LogP contribution is -2.26. The minimum atomic E-state index is 0.438. The highest BCUT2D eigenvalue weighted by Crippen LogP contribution is 2.42. The molecule has 0 amide bonds. The number of nitrogens with zero attached hydrogens (tertiary/aromatic N) is 1. The fourth-order valence-corrected chi connectivity index (χ4v) is 3.60. The fourth-order valence-electron chi connectivity index (χ4n) is 3.38. The molecule has 0 spiro atoms. The van der Waals surface area contributed by atoms with Crippen molar-refractivity contribution in [2.45, 2.75) is 72.6 Å². The van der Waals surface area contributed by atoms with Gasteiger partial charge in [0.1, 0.15) is 10.5 Å². The third-order valence-corrected chi connectivity index (χ3v) is 5.36. The second-order valence-electron chi connectivity index (χ2n) is 7.30. The van der Waals surface area contributed by atoms with Crippen molar-refractivity contribution in [3.8, 4) is 0 Å². The molecule has 1 aromatic heterocycles. The molecular formula is C17H28N2S. The van der Waals surface area contributed by atoms with Gasteiger partial charge in [0.05, 0.1) is 0 Å². The predicted octanol–water partition coefficient (Wildman–Crippen LogP) is 5.33. The summed E-state index contributed by atoms with van der Waals surface area (Å²) in [4.78, 5) is 8.20. The second kappa shape index (κ2) is 5.97. The minimum Gasteiger partial charge on any atom is -0.347 e. The third kappa shape index (κ3) is 3.30. The molecule has 1 N–H and O–H groups in total. The van der Waals surface area contributed by atoms with E-state index in [1.165, 1.54) is 31.4 Å². The van der Waals surface area contributed by atoms with Gasteiger partial charge in [0.15, 0.2) is 0 Å². The van der Waals surface area contributed by atoms with Crippen molar-refractivity contribution >= 4 is 12.2 Å². The lowest BCUT2D eigenvalue weighted by atomic mass is 9.69. The Morgan fingerprint density at radius 3 is 2.30 bits per heavy atom. The van der Waals surface area contributed by atoms with Gasteiger partial charge in [-0.3, -0.25) is 0 Å². The molecule has 112 valence electrons. The number of rotatable bonds is 2. The minimum absolute atomic E-state index is 0.438. The van der Waals surface area contributed by atoms with E-state index in [0.717, 1.165) is 28.4 Å². The molecule has 0 radical (unpaired) electrons. The molecule has 0 unspecified atom stereocenters. The summed E-state index contributed by atoms with van der Waals surface area (Å²) in [5.74, 6) is 2.55. The molecule has 1 heterocycles. The van der Waals surface area contributed by atoms with Crippen LogP contribution in [0.4, 0.5) is 0 Å². The first-order chi connectivity index (χ1) is 9.32. The highest BCUT2D eigenvalue weighted by Gasteiger charge is 2.31. The van der Waals surface area contributed by atoms with Crippen molar-refractivity contribution in [1.82, 2.24) is 9.97 Å². The number of H-pyrrole nitrogens is 1. The van der Waals surface area contributed by atoms with E-state index >= 15 is 0 Å². The number of aryl methyl sites for hydroxylation is 1. The summed E-state index contributed by atoms with van der Waals surface area (Å²) in [6.45, 7) is 11.3. The molecule has 1 saturated carbocycles. The van der Waals surface area contributed by atoms with Crippen LogP contribution in [-0.4, -0.2) is 9.97 Å². The largest absolute Gasteiger partial charge is 0.347 e. The quantitative estimate of drug-likeness (QED) is 0.746. The van der Waals surface area contributed by atoms with Crippen molar-refractivity contribution in [2.75, 3.05) is 0 Å². The summed E-state index contributed by atoms with van der Waals surface area (Å²) >= 11 is 5.42. The molecule has 1 aromatic rings. The summed E-state index contributed by atoms with van der Waals surface area (Å²) < 4.78 is 0.786. The maximum atomic E-state index is 5.42. The van der Waals surface area contributed by atoms with Crippen molar-refractivity contribution in [3.63, 3.8) is 0 Å². The van der Waals surface area contributed by atoms with E-state index in [9.17, 15) is 0 Å². The molecule has 0 aliphatic heterocycles. The molecule has 0 atom stereocenters. The Labute approximate surface area is 128 Å². The fraction of sp³-hybridized carbons (Fsp3) is 0.765. The maximum Gasteiger partial charge on any atom is 0.132 e. The number of nitrogens with one attached hydrogen (secondary N) is 1. The molecule has 0 aromatic carbocycles. The smallest absolute Gasteiger partial charge is 0.132 e. The Morgan fingerprint density at radius 2 is 1.80 bits per heavy atom. The van der Waals surface area contributed by atoms with Gasteiger partial charge in [0.2, 0.25) is 0 Å².